The fraction of sp³-hybridized carbons (Fsp3) is 0.182. The highest BCUT2D eigenvalue weighted by Crippen LogP contribution is 2.29. The molecule has 3 aromatic rings. The van der Waals surface area contributed by atoms with Gasteiger partial charge in [-0.05, 0) is 49.2 Å². The number of pyridine rings is 1. The fourth-order valence-electron chi connectivity index (χ4n) is 2.78. The van der Waals surface area contributed by atoms with Gasteiger partial charge in [-0.15, -0.1) is 0 Å². The van der Waals surface area contributed by atoms with E-state index >= 15 is 0 Å². The average molecular weight is 417 g/mol. The smallest absolute Gasteiger partial charge is 0.408 e. The molecule has 0 saturated carbocycles. The summed E-state index contributed by atoms with van der Waals surface area (Å²) in [6, 6.07) is 15.7. The molecule has 4 nitrogen and oxygen atoms in total. The summed E-state index contributed by atoms with van der Waals surface area (Å²) < 4.78 is 32.6. The Morgan fingerprint density at radius 3 is 2.52 bits per heavy atom. The zero-order valence-corrected chi connectivity index (χ0v) is 16.6. The molecule has 0 atom stereocenters. The highest BCUT2D eigenvalue weighted by atomic mass is 35.5. The zero-order chi connectivity index (χ0) is 21.0. The number of rotatable bonds is 5. The van der Waals surface area contributed by atoms with Crippen molar-refractivity contribution in [2.45, 2.75) is 26.0 Å². The first kappa shape index (κ1) is 20.7. The van der Waals surface area contributed by atoms with E-state index in [0.29, 0.717) is 5.56 Å². The van der Waals surface area contributed by atoms with Gasteiger partial charge in [0.15, 0.2) is 0 Å². The molecule has 0 aliphatic rings. The minimum Gasteiger partial charge on any atom is -0.445 e. The van der Waals surface area contributed by atoms with Crippen LogP contribution in [0.2, 0.25) is 5.15 Å². The standard InChI is InChI=1S/C22H19ClF2N2O2/c1-22(2,27-21(28)29-13-14-6-4-3-5-7-14)15-10-19(26-20(23)11-15)17-9-8-16(24)12-18(17)25/h3-12H,13H2,1-2H3,(H,27,28). The second-order valence-corrected chi connectivity index (χ2v) is 7.39. The lowest BCUT2D eigenvalue weighted by atomic mass is 9.93. The summed E-state index contributed by atoms with van der Waals surface area (Å²) in [5.41, 5.74) is 0.913. The van der Waals surface area contributed by atoms with E-state index < -0.39 is 23.3 Å². The number of carbonyl (C=O) groups excluding carboxylic acids is 1. The Morgan fingerprint density at radius 1 is 1.10 bits per heavy atom. The van der Waals surface area contributed by atoms with Gasteiger partial charge in [-0.25, -0.2) is 18.6 Å². The van der Waals surface area contributed by atoms with E-state index in [0.717, 1.165) is 17.7 Å². The number of carbonyl (C=O) groups is 1. The lowest BCUT2D eigenvalue weighted by Gasteiger charge is -2.27. The van der Waals surface area contributed by atoms with Crippen LogP contribution in [0.4, 0.5) is 13.6 Å². The predicted molar refractivity (Wildman–Crippen MR) is 107 cm³/mol. The van der Waals surface area contributed by atoms with Crippen molar-refractivity contribution in [1.82, 2.24) is 10.3 Å². The van der Waals surface area contributed by atoms with Crippen LogP contribution in [0.3, 0.4) is 0 Å². The second-order valence-electron chi connectivity index (χ2n) is 7.00. The number of hydrogen-bond donors (Lipinski definition) is 1. The molecule has 0 spiro atoms. The number of hydrogen-bond acceptors (Lipinski definition) is 3. The van der Waals surface area contributed by atoms with Gasteiger partial charge in [0.1, 0.15) is 23.4 Å². The van der Waals surface area contributed by atoms with Crippen LogP contribution < -0.4 is 5.32 Å². The van der Waals surface area contributed by atoms with Crippen molar-refractivity contribution in [2.24, 2.45) is 0 Å². The third-order valence-corrected chi connectivity index (χ3v) is 4.54. The number of halogens is 3. The van der Waals surface area contributed by atoms with Crippen molar-refractivity contribution >= 4 is 17.7 Å². The van der Waals surface area contributed by atoms with Gasteiger partial charge in [-0.2, -0.15) is 0 Å². The van der Waals surface area contributed by atoms with Crippen LogP contribution in [0.15, 0.2) is 60.7 Å². The van der Waals surface area contributed by atoms with Crippen molar-refractivity contribution in [3.8, 4) is 11.3 Å². The average Bonchev–Trinajstić information content (AvgIpc) is 2.66. The molecule has 3 rings (SSSR count). The molecule has 1 aromatic heterocycles. The first-order valence-corrected chi connectivity index (χ1v) is 9.25. The maximum Gasteiger partial charge on any atom is 0.408 e. The summed E-state index contributed by atoms with van der Waals surface area (Å²) >= 11 is 6.12. The molecule has 1 heterocycles. The van der Waals surface area contributed by atoms with E-state index in [1.807, 2.05) is 30.3 Å². The fourth-order valence-corrected chi connectivity index (χ4v) is 2.99. The number of benzene rings is 2. The Labute approximate surface area is 172 Å². The molecule has 0 saturated heterocycles. The van der Waals surface area contributed by atoms with Crippen molar-refractivity contribution in [3.05, 3.63) is 88.6 Å². The van der Waals surface area contributed by atoms with E-state index in [-0.39, 0.29) is 23.0 Å². The largest absolute Gasteiger partial charge is 0.445 e. The maximum absolute atomic E-state index is 14.2. The Balaban J connectivity index is 1.79. The summed E-state index contributed by atoms with van der Waals surface area (Å²) in [5, 5.41) is 2.89. The highest BCUT2D eigenvalue weighted by Gasteiger charge is 2.25. The van der Waals surface area contributed by atoms with Gasteiger partial charge in [0.2, 0.25) is 0 Å². The van der Waals surface area contributed by atoms with E-state index in [1.54, 1.807) is 26.0 Å². The van der Waals surface area contributed by atoms with Crippen LogP contribution in [0.1, 0.15) is 25.0 Å². The normalized spacial score (nSPS) is 11.2. The minimum absolute atomic E-state index is 0.109. The molecule has 1 amide bonds. The zero-order valence-electron chi connectivity index (χ0n) is 15.9. The first-order valence-electron chi connectivity index (χ1n) is 8.87. The van der Waals surface area contributed by atoms with Gasteiger partial charge in [-0.3, -0.25) is 0 Å². The van der Waals surface area contributed by atoms with Crippen LogP contribution in [-0.4, -0.2) is 11.1 Å². The molecule has 0 radical (unpaired) electrons. The van der Waals surface area contributed by atoms with Crippen molar-refractivity contribution in [1.29, 1.82) is 0 Å². The molecule has 29 heavy (non-hydrogen) atoms. The van der Waals surface area contributed by atoms with E-state index in [4.69, 9.17) is 16.3 Å². The van der Waals surface area contributed by atoms with Gasteiger partial charge in [-0.1, -0.05) is 41.9 Å². The minimum atomic E-state index is -0.883. The molecular weight excluding hydrogens is 398 g/mol. The van der Waals surface area contributed by atoms with Crippen molar-refractivity contribution in [2.75, 3.05) is 0 Å². The summed E-state index contributed by atoms with van der Waals surface area (Å²) in [6.07, 6.45) is -0.610. The monoisotopic (exact) mass is 416 g/mol. The Kier molecular flexibility index (Phi) is 6.13. The topological polar surface area (TPSA) is 51.2 Å². The van der Waals surface area contributed by atoms with Crippen LogP contribution >= 0.6 is 11.6 Å². The lowest BCUT2D eigenvalue weighted by Crippen LogP contribution is -2.41. The molecule has 7 heteroatoms. The van der Waals surface area contributed by atoms with E-state index in [2.05, 4.69) is 10.3 Å². The lowest BCUT2D eigenvalue weighted by molar-refractivity contribution is 0.129. The number of ether oxygens (including phenoxy) is 1. The van der Waals surface area contributed by atoms with Crippen molar-refractivity contribution < 1.29 is 18.3 Å². The highest BCUT2D eigenvalue weighted by molar-refractivity contribution is 6.29. The Bertz CT molecular complexity index is 1030. The quantitative estimate of drug-likeness (QED) is 0.531. The third kappa shape index (κ3) is 5.29. The number of amides is 1. The number of aromatic nitrogens is 1. The summed E-state index contributed by atoms with van der Waals surface area (Å²) in [6.45, 7) is 3.65. The SMILES string of the molecule is CC(C)(NC(=O)OCc1ccccc1)c1cc(Cl)nc(-c2ccc(F)cc2F)c1. The molecular formula is C22H19ClF2N2O2. The molecule has 0 aliphatic carbocycles. The van der Waals surface area contributed by atoms with Gasteiger partial charge in [0.25, 0.3) is 0 Å². The molecule has 0 aliphatic heterocycles. The number of nitrogens with zero attached hydrogens (tertiary/aromatic N) is 1. The Hall–Kier alpha value is -2.99. The second kappa shape index (κ2) is 8.57. The van der Waals surface area contributed by atoms with Crippen molar-refractivity contribution in [3.63, 3.8) is 0 Å². The van der Waals surface area contributed by atoms with E-state index in [9.17, 15) is 13.6 Å². The number of alkyl carbamates (subject to hydrolysis) is 1. The van der Waals surface area contributed by atoms with Crippen LogP contribution in [-0.2, 0) is 16.9 Å². The van der Waals surface area contributed by atoms with E-state index in [1.165, 1.54) is 6.07 Å². The molecule has 150 valence electrons. The molecule has 0 unspecified atom stereocenters. The van der Waals surface area contributed by atoms with Gasteiger partial charge >= 0.3 is 6.09 Å². The van der Waals surface area contributed by atoms with Gasteiger partial charge in [0.05, 0.1) is 11.2 Å². The molecule has 0 fully saturated rings. The molecule has 1 N–H and O–H groups in total. The summed E-state index contributed by atoms with van der Waals surface area (Å²) in [4.78, 5) is 16.4. The van der Waals surface area contributed by atoms with Gasteiger partial charge < -0.3 is 10.1 Å². The van der Waals surface area contributed by atoms with Crippen LogP contribution in [0, 0.1) is 11.6 Å². The van der Waals surface area contributed by atoms with Gasteiger partial charge in [0, 0.05) is 11.6 Å². The number of nitrogens with one attached hydrogen (secondary N) is 1. The first-order chi connectivity index (χ1) is 13.7. The maximum atomic E-state index is 14.2. The summed E-state index contributed by atoms with van der Waals surface area (Å²) in [5.74, 6) is -1.43. The summed E-state index contributed by atoms with van der Waals surface area (Å²) in [7, 11) is 0. The van der Waals surface area contributed by atoms with Crippen LogP contribution in [0.5, 0.6) is 0 Å². The van der Waals surface area contributed by atoms with Crippen LogP contribution in [0.25, 0.3) is 11.3 Å². The third-order valence-electron chi connectivity index (χ3n) is 4.35. The molecule has 2 aromatic carbocycles. The Morgan fingerprint density at radius 2 is 1.83 bits per heavy atom. The molecule has 0 bridgehead atoms. The predicted octanol–water partition coefficient (Wildman–Crippen LogP) is 5.84.